The molecular formula is C9H9ClO2. The molecule has 0 saturated carbocycles. The van der Waals surface area contributed by atoms with Gasteiger partial charge in [-0.25, -0.2) is 4.79 Å². The van der Waals surface area contributed by atoms with E-state index < -0.39 is 5.97 Å². The number of carboxylic acid groups (broad SMARTS) is 1. The third-order valence-electron chi connectivity index (χ3n) is 1.68. The molecule has 0 fully saturated rings. The van der Waals surface area contributed by atoms with Gasteiger partial charge in [-0.2, -0.15) is 0 Å². The molecule has 1 aromatic rings. The molecule has 2 nitrogen and oxygen atoms in total. The van der Waals surface area contributed by atoms with Crippen LogP contribution in [0.3, 0.4) is 0 Å². The molecule has 0 unspecified atom stereocenters. The average Bonchev–Trinajstić information content (AvgIpc) is 2.04. The molecule has 0 bridgehead atoms. The normalized spacial score (nSPS) is 9.83. The second-order valence-electron chi connectivity index (χ2n) is 2.46. The molecule has 1 N–H and O–H groups in total. The second-order valence-corrected chi connectivity index (χ2v) is 2.90. The molecule has 0 saturated heterocycles. The second kappa shape index (κ2) is 3.59. The summed E-state index contributed by atoms with van der Waals surface area (Å²) >= 11 is 5.65. The zero-order valence-electron chi connectivity index (χ0n) is 6.67. The van der Waals surface area contributed by atoms with Gasteiger partial charge in [0.15, 0.2) is 0 Å². The van der Waals surface area contributed by atoms with E-state index in [-0.39, 0.29) is 0 Å². The highest BCUT2D eigenvalue weighted by atomic mass is 35.5. The highest BCUT2D eigenvalue weighted by Crippen LogP contribution is 2.16. The van der Waals surface area contributed by atoms with Crippen LogP contribution >= 0.6 is 11.6 Å². The first-order valence-electron chi connectivity index (χ1n) is 3.67. The molecule has 0 aliphatic heterocycles. The molecule has 0 amide bonds. The number of rotatable bonds is 2. The van der Waals surface area contributed by atoms with Crippen molar-refractivity contribution in [2.45, 2.75) is 13.3 Å². The summed E-state index contributed by atoms with van der Waals surface area (Å²) in [6, 6.07) is 4.92. The van der Waals surface area contributed by atoms with Crippen molar-refractivity contribution in [2.75, 3.05) is 0 Å². The highest BCUT2D eigenvalue weighted by Gasteiger charge is 2.08. The predicted octanol–water partition coefficient (Wildman–Crippen LogP) is 2.60. The van der Waals surface area contributed by atoms with E-state index >= 15 is 0 Å². The summed E-state index contributed by atoms with van der Waals surface area (Å²) in [5, 5.41) is 9.23. The van der Waals surface area contributed by atoms with Gasteiger partial charge in [0.1, 0.15) is 0 Å². The van der Waals surface area contributed by atoms with Crippen LogP contribution in [0.5, 0.6) is 0 Å². The van der Waals surface area contributed by atoms with Gasteiger partial charge in [-0.3, -0.25) is 0 Å². The summed E-state index contributed by atoms with van der Waals surface area (Å²) in [6.07, 6.45) is 0.707. The van der Waals surface area contributed by atoms with Gasteiger partial charge >= 0.3 is 5.97 Å². The molecule has 1 aromatic carbocycles. The lowest BCUT2D eigenvalue weighted by Gasteiger charge is -2.02. The molecule has 0 aliphatic carbocycles. The van der Waals surface area contributed by atoms with Crippen LogP contribution in [0.1, 0.15) is 22.8 Å². The van der Waals surface area contributed by atoms with Gasteiger partial charge < -0.3 is 5.11 Å². The van der Waals surface area contributed by atoms with E-state index in [2.05, 4.69) is 0 Å². The van der Waals surface area contributed by atoms with Gasteiger partial charge in [-0.15, -0.1) is 0 Å². The van der Waals surface area contributed by atoms with Gasteiger partial charge in [0, 0.05) is 5.02 Å². The van der Waals surface area contributed by atoms with Crippen LogP contribution in [0.25, 0.3) is 0 Å². The maximum absolute atomic E-state index is 10.7. The summed E-state index contributed by atoms with van der Waals surface area (Å²) in [7, 11) is 0. The van der Waals surface area contributed by atoms with Crippen LogP contribution < -0.4 is 0 Å². The van der Waals surface area contributed by atoms with Crippen molar-refractivity contribution >= 4 is 17.6 Å². The van der Waals surface area contributed by atoms with Crippen molar-refractivity contribution in [3.8, 4) is 0 Å². The Morgan fingerprint density at radius 3 is 2.75 bits per heavy atom. The number of carboxylic acids is 1. The van der Waals surface area contributed by atoms with Crippen LogP contribution in [-0.2, 0) is 6.42 Å². The minimum Gasteiger partial charge on any atom is -0.478 e. The van der Waals surface area contributed by atoms with Gasteiger partial charge in [-0.05, 0) is 24.1 Å². The first-order valence-corrected chi connectivity index (χ1v) is 4.04. The van der Waals surface area contributed by atoms with Crippen LogP contribution in [0.2, 0.25) is 5.02 Å². The lowest BCUT2D eigenvalue weighted by atomic mass is 10.1. The first-order chi connectivity index (χ1) is 5.65. The van der Waals surface area contributed by atoms with Gasteiger partial charge in [0.25, 0.3) is 0 Å². The number of halogens is 1. The van der Waals surface area contributed by atoms with E-state index in [1.54, 1.807) is 12.1 Å². The minimum absolute atomic E-state index is 0.296. The highest BCUT2D eigenvalue weighted by molar-refractivity contribution is 6.30. The van der Waals surface area contributed by atoms with E-state index in [0.717, 1.165) is 5.56 Å². The van der Waals surface area contributed by atoms with E-state index in [1.807, 2.05) is 6.92 Å². The Bertz CT molecular complexity index is 307. The quantitative estimate of drug-likeness (QED) is 0.767. The van der Waals surface area contributed by atoms with Crippen LogP contribution in [0, 0.1) is 0 Å². The number of aromatic carboxylic acids is 1. The van der Waals surface area contributed by atoms with Crippen LogP contribution in [0.15, 0.2) is 18.2 Å². The zero-order chi connectivity index (χ0) is 9.14. The fourth-order valence-corrected chi connectivity index (χ4v) is 1.23. The molecule has 0 aliphatic rings. The molecule has 0 heterocycles. The predicted molar refractivity (Wildman–Crippen MR) is 47.8 cm³/mol. The molecule has 0 radical (unpaired) electrons. The van der Waals surface area contributed by atoms with Crippen molar-refractivity contribution in [1.82, 2.24) is 0 Å². The van der Waals surface area contributed by atoms with Crippen molar-refractivity contribution < 1.29 is 9.90 Å². The summed E-state index contributed by atoms with van der Waals surface area (Å²) in [5.41, 5.74) is 1.11. The lowest BCUT2D eigenvalue weighted by molar-refractivity contribution is 0.0696. The smallest absolute Gasteiger partial charge is 0.336 e. The fraction of sp³-hybridized carbons (Fsp3) is 0.222. The molecule has 0 aromatic heterocycles. The maximum atomic E-state index is 10.7. The van der Waals surface area contributed by atoms with E-state index in [9.17, 15) is 4.79 Å². The average molecular weight is 185 g/mol. The van der Waals surface area contributed by atoms with Crippen molar-refractivity contribution in [3.05, 3.63) is 34.3 Å². The Morgan fingerprint density at radius 2 is 2.25 bits per heavy atom. The Labute approximate surface area is 75.8 Å². The van der Waals surface area contributed by atoms with Gasteiger partial charge in [-0.1, -0.05) is 24.6 Å². The topological polar surface area (TPSA) is 37.3 Å². The largest absolute Gasteiger partial charge is 0.478 e. The van der Waals surface area contributed by atoms with E-state index in [4.69, 9.17) is 16.7 Å². The molecule has 1 rings (SSSR count). The summed E-state index contributed by atoms with van der Waals surface area (Å²) in [4.78, 5) is 10.7. The van der Waals surface area contributed by atoms with Crippen molar-refractivity contribution in [2.24, 2.45) is 0 Å². The molecule has 0 spiro atoms. The lowest BCUT2D eigenvalue weighted by Crippen LogP contribution is -2.01. The molecule has 0 atom stereocenters. The molecule has 64 valence electrons. The first kappa shape index (κ1) is 9.07. The Hall–Kier alpha value is -1.02. The van der Waals surface area contributed by atoms with Crippen LogP contribution in [-0.4, -0.2) is 11.1 Å². The summed E-state index contributed by atoms with van der Waals surface area (Å²) in [6.45, 7) is 1.91. The zero-order valence-corrected chi connectivity index (χ0v) is 7.43. The van der Waals surface area contributed by atoms with E-state index in [1.165, 1.54) is 6.07 Å². The minimum atomic E-state index is -0.922. The number of hydrogen-bond acceptors (Lipinski definition) is 1. The molecule has 12 heavy (non-hydrogen) atoms. The Morgan fingerprint density at radius 1 is 1.58 bits per heavy atom. The van der Waals surface area contributed by atoms with E-state index in [0.29, 0.717) is 17.0 Å². The number of aryl methyl sites for hydroxylation is 1. The Kier molecular flexibility index (Phi) is 2.71. The number of benzene rings is 1. The van der Waals surface area contributed by atoms with Crippen molar-refractivity contribution in [1.29, 1.82) is 0 Å². The third kappa shape index (κ3) is 1.77. The Balaban J connectivity index is 3.21. The molecule has 3 heteroatoms. The maximum Gasteiger partial charge on any atom is 0.336 e. The molecular weight excluding hydrogens is 176 g/mol. The van der Waals surface area contributed by atoms with Crippen molar-refractivity contribution in [3.63, 3.8) is 0 Å². The number of carbonyl (C=O) groups is 1. The monoisotopic (exact) mass is 184 g/mol. The summed E-state index contributed by atoms with van der Waals surface area (Å²) in [5.74, 6) is -0.922. The van der Waals surface area contributed by atoms with Gasteiger partial charge in [0.2, 0.25) is 0 Å². The third-order valence-corrected chi connectivity index (χ3v) is 1.92. The summed E-state index contributed by atoms with van der Waals surface area (Å²) < 4.78 is 0. The fourth-order valence-electron chi connectivity index (χ4n) is 1.06. The SMILES string of the molecule is CCc1ccc(Cl)cc1C(=O)O. The van der Waals surface area contributed by atoms with Gasteiger partial charge in [0.05, 0.1) is 5.56 Å². The number of hydrogen-bond donors (Lipinski definition) is 1. The standard InChI is InChI=1S/C9H9ClO2/c1-2-6-3-4-7(10)5-8(6)9(11)12/h3-5H,2H2,1H3,(H,11,12). The van der Waals surface area contributed by atoms with Crippen LogP contribution in [0.4, 0.5) is 0 Å².